The molecule has 0 saturated heterocycles. The first kappa shape index (κ1) is 10.9. The molecule has 3 aromatic heterocycles. The number of aryl methyl sites for hydroxylation is 1. The number of nitrogens with zero attached hydrogens (tertiary/aromatic N) is 4. The highest BCUT2D eigenvalue weighted by Gasteiger charge is 2.14. The maximum absolute atomic E-state index is 9.43. The molecule has 0 amide bonds. The van der Waals surface area contributed by atoms with Crippen molar-refractivity contribution in [2.24, 2.45) is 0 Å². The molecule has 0 aliphatic heterocycles. The summed E-state index contributed by atoms with van der Waals surface area (Å²) in [4.78, 5) is 9.27. The van der Waals surface area contributed by atoms with Gasteiger partial charge in [0.2, 0.25) is 0 Å². The van der Waals surface area contributed by atoms with Crippen molar-refractivity contribution in [2.45, 2.75) is 6.92 Å². The lowest BCUT2D eigenvalue weighted by molar-refractivity contribution is 1.17. The van der Waals surface area contributed by atoms with E-state index in [2.05, 4.69) is 16.0 Å². The van der Waals surface area contributed by atoms with E-state index in [9.17, 15) is 5.26 Å². The van der Waals surface area contributed by atoms with Crippen LogP contribution in [0.1, 0.15) is 11.1 Å². The Labute approximate surface area is 114 Å². The molecule has 0 bridgehead atoms. The molecular formula is C16H10N4. The first-order valence-electron chi connectivity index (χ1n) is 6.35. The van der Waals surface area contributed by atoms with Crippen LogP contribution in [0.25, 0.3) is 27.7 Å². The minimum absolute atomic E-state index is 0.582. The van der Waals surface area contributed by atoms with Gasteiger partial charge in [-0.1, -0.05) is 18.2 Å². The average Bonchev–Trinajstić information content (AvgIpc) is 2.77. The van der Waals surface area contributed by atoms with Gasteiger partial charge in [0.25, 0.3) is 0 Å². The third-order valence-electron chi connectivity index (χ3n) is 3.48. The van der Waals surface area contributed by atoms with Crippen LogP contribution in [0.2, 0.25) is 0 Å². The zero-order valence-corrected chi connectivity index (χ0v) is 10.8. The van der Waals surface area contributed by atoms with Crippen molar-refractivity contribution in [1.29, 1.82) is 5.26 Å². The largest absolute Gasteiger partial charge is 0.298 e. The molecule has 94 valence electrons. The highest BCUT2D eigenvalue weighted by molar-refractivity contribution is 5.94. The molecule has 0 fully saturated rings. The molecule has 3 heterocycles. The maximum Gasteiger partial charge on any atom is 0.165 e. The molecule has 0 unspecified atom stereocenters. The Bertz CT molecular complexity index is 1020. The third kappa shape index (κ3) is 1.35. The van der Waals surface area contributed by atoms with E-state index in [-0.39, 0.29) is 0 Å². The number of fused-ring (bicyclic) bond motifs is 4. The number of para-hydroxylation sites is 2. The summed E-state index contributed by atoms with van der Waals surface area (Å²) in [6.45, 7) is 2.02. The highest BCUT2D eigenvalue weighted by atomic mass is 15.0. The predicted molar refractivity (Wildman–Crippen MR) is 77.5 cm³/mol. The summed E-state index contributed by atoms with van der Waals surface area (Å²) < 4.78 is 1.95. The Morgan fingerprint density at radius 3 is 2.55 bits per heavy atom. The molecule has 0 radical (unpaired) electrons. The minimum atomic E-state index is 0.582. The Hall–Kier alpha value is -2.93. The number of pyridine rings is 1. The van der Waals surface area contributed by atoms with Crippen LogP contribution in [0.3, 0.4) is 0 Å². The van der Waals surface area contributed by atoms with E-state index in [1.165, 1.54) is 0 Å². The van der Waals surface area contributed by atoms with Crippen LogP contribution in [0.5, 0.6) is 0 Å². The summed E-state index contributed by atoms with van der Waals surface area (Å²) >= 11 is 0. The number of benzene rings is 1. The van der Waals surface area contributed by atoms with Crippen LogP contribution in [0.15, 0.2) is 42.6 Å². The molecule has 4 rings (SSSR count). The molecule has 0 aliphatic rings. The lowest BCUT2D eigenvalue weighted by Crippen LogP contribution is -1.90. The van der Waals surface area contributed by atoms with E-state index < -0.39 is 0 Å². The van der Waals surface area contributed by atoms with Crippen LogP contribution in [0, 0.1) is 18.3 Å². The van der Waals surface area contributed by atoms with Gasteiger partial charge in [-0.15, -0.1) is 0 Å². The normalized spacial score (nSPS) is 11.2. The van der Waals surface area contributed by atoms with E-state index in [0.29, 0.717) is 11.1 Å². The van der Waals surface area contributed by atoms with Gasteiger partial charge in [0.1, 0.15) is 17.1 Å². The lowest BCUT2D eigenvalue weighted by atomic mass is 10.2. The Balaban J connectivity index is 2.32. The third-order valence-corrected chi connectivity index (χ3v) is 3.48. The van der Waals surface area contributed by atoms with Gasteiger partial charge in [-0.25, -0.2) is 9.97 Å². The van der Waals surface area contributed by atoms with Crippen molar-refractivity contribution in [2.75, 3.05) is 0 Å². The van der Waals surface area contributed by atoms with E-state index >= 15 is 0 Å². The van der Waals surface area contributed by atoms with Crippen LogP contribution in [0.4, 0.5) is 0 Å². The SMILES string of the molecule is Cc1ccc2c(C#N)c3nc4ccccc4nc3n2c1. The quantitative estimate of drug-likeness (QED) is 0.486. The molecule has 0 spiro atoms. The fourth-order valence-electron chi connectivity index (χ4n) is 2.54. The highest BCUT2D eigenvalue weighted by Crippen LogP contribution is 2.25. The van der Waals surface area contributed by atoms with Crippen molar-refractivity contribution < 1.29 is 0 Å². The Morgan fingerprint density at radius 1 is 1.05 bits per heavy atom. The summed E-state index contributed by atoms with van der Waals surface area (Å²) in [5.74, 6) is 0. The van der Waals surface area contributed by atoms with Crippen LogP contribution >= 0.6 is 0 Å². The van der Waals surface area contributed by atoms with Crippen molar-refractivity contribution in [3.63, 3.8) is 0 Å². The molecule has 4 nitrogen and oxygen atoms in total. The van der Waals surface area contributed by atoms with Crippen molar-refractivity contribution in [3.8, 4) is 6.07 Å². The number of rotatable bonds is 0. The van der Waals surface area contributed by atoms with Crippen LogP contribution in [-0.4, -0.2) is 14.4 Å². The molecule has 1 aromatic carbocycles. The smallest absolute Gasteiger partial charge is 0.165 e. The summed E-state index contributed by atoms with van der Waals surface area (Å²) in [7, 11) is 0. The first-order valence-corrected chi connectivity index (χ1v) is 6.35. The van der Waals surface area contributed by atoms with Crippen molar-refractivity contribution >= 4 is 27.7 Å². The van der Waals surface area contributed by atoms with Gasteiger partial charge in [-0.3, -0.25) is 4.40 Å². The standard InChI is InChI=1S/C16H10N4/c1-10-6-7-14-11(8-17)15-16(20(14)9-10)19-13-5-3-2-4-12(13)18-15/h2-7,9H,1H3. The molecule has 0 atom stereocenters. The molecule has 0 N–H and O–H groups in total. The van der Waals surface area contributed by atoms with E-state index in [1.54, 1.807) is 0 Å². The van der Waals surface area contributed by atoms with Gasteiger partial charge in [0.15, 0.2) is 5.65 Å². The van der Waals surface area contributed by atoms with E-state index in [0.717, 1.165) is 27.8 Å². The topological polar surface area (TPSA) is 54.0 Å². The average molecular weight is 258 g/mol. The zero-order valence-electron chi connectivity index (χ0n) is 10.8. The van der Waals surface area contributed by atoms with Gasteiger partial charge in [0, 0.05) is 6.20 Å². The molecule has 20 heavy (non-hydrogen) atoms. The Kier molecular flexibility index (Phi) is 2.07. The first-order chi connectivity index (χ1) is 9.78. The summed E-state index contributed by atoms with van der Waals surface area (Å²) in [5, 5.41) is 9.43. The van der Waals surface area contributed by atoms with E-state index in [4.69, 9.17) is 0 Å². The number of hydrogen-bond acceptors (Lipinski definition) is 3. The maximum atomic E-state index is 9.43. The summed E-state index contributed by atoms with van der Waals surface area (Å²) in [6, 6.07) is 13.9. The monoisotopic (exact) mass is 258 g/mol. The second-order valence-electron chi connectivity index (χ2n) is 4.83. The van der Waals surface area contributed by atoms with Crippen molar-refractivity contribution in [3.05, 3.63) is 53.7 Å². The fourth-order valence-corrected chi connectivity index (χ4v) is 2.54. The van der Waals surface area contributed by atoms with Crippen molar-refractivity contribution in [1.82, 2.24) is 14.4 Å². The van der Waals surface area contributed by atoms with Crippen LogP contribution < -0.4 is 0 Å². The molecule has 0 aliphatic carbocycles. The predicted octanol–water partition coefficient (Wildman–Crippen LogP) is 3.22. The van der Waals surface area contributed by atoms with Crippen LogP contribution in [-0.2, 0) is 0 Å². The molecular weight excluding hydrogens is 248 g/mol. The number of hydrogen-bond donors (Lipinski definition) is 0. The lowest BCUT2D eigenvalue weighted by Gasteiger charge is -1.99. The second kappa shape index (κ2) is 3.78. The summed E-state index contributed by atoms with van der Waals surface area (Å²) in [5.41, 5.74) is 5.60. The second-order valence-corrected chi connectivity index (χ2v) is 4.83. The van der Waals surface area contributed by atoms with Gasteiger partial charge >= 0.3 is 0 Å². The van der Waals surface area contributed by atoms with E-state index in [1.807, 2.05) is 53.9 Å². The minimum Gasteiger partial charge on any atom is -0.298 e. The number of nitriles is 1. The summed E-state index contributed by atoms with van der Waals surface area (Å²) in [6.07, 6.45) is 1.99. The fraction of sp³-hybridized carbons (Fsp3) is 0.0625. The van der Waals surface area contributed by atoms with Gasteiger partial charge in [-0.05, 0) is 30.7 Å². The molecule has 4 aromatic rings. The molecule has 0 saturated carbocycles. The van der Waals surface area contributed by atoms with Gasteiger partial charge < -0.3 is 0 Å². The zero-order chi connectivity index (χ0) is 13.7. The number of aromatic nitrogens is 3. The van der Waals surface area contributed by atoms with Gasteiger partial charge in [-0.2, -0.15) is 5.26 Å². The molecule has 4 heteroatoms. The van der Waals surface area contributed by atoms with Gasteiger partial charge in [0.05, 0.1) is 16.6 Å². The Morgan fingerprint density at radius 2 is 1.80 bits per heavy atom.